The number of benzene rings is 1. The standard InChI is InChI=1S/C23H27ClN4O3/c1-14-11-25-20(15(2)22(14)31-3)13-27-6-8-28(9-7-27)21(23(29)30)18-12-26-19-10-16(24)4-5-17(18)19/h4-5,10-12,21,26H,6-9,13H2,1-3H3,(H,29,30). The van der Waals surface area contributed by atoms with Crippen molar-refractivity contribution in [2.24, 2.45) is 0 Å². The molecular weight excluding hydrogens is 416 g/mol. The SMILES string of the molecule is COc1c(C)cnc(CN2CCN(C(C(=O)O)c3c[nH]c4cc(Cl)ccc34)CC2)c1C. The molecule has 1 aliphatic rings. The maximum Gasteiger partial charge on any atom is 0.325 e. The van der Waals surface area contributed by atoms with Crippen LogP contribution in [0.4, 0.5) is 0 Å². The van der Waals surface area contributed by atoms with Crippen LogP contribution in [0.15, 0.2) is 30.6 Å². The number of carboxylic acids is 1. The van der Waals surface area contributed by atoms with Gasteiger partial charge in [0.1, 0.15) is 11.8 Å². The molecule has 0 bridgehead atoms. The number of nitrogens with zero attached hydrogens (tertiary/aromatic N) is 3. The van der Waals surface area contributed by atoms with Gasteiger partial charge in [0.15, 0.2) is 0 Å². The van der Waals surface area contributed by atoms with Gasteiger partial charge in [-0.05, 0) is 26.0 Å². The summed E-state index contributed by atoms with van der Waals surface area (Å²) >= 11 is 6.07. The molecule has 3 aromatic rings. The van der Waals surface area contributed by atoms with Crippen molar-refractivity contribution in [1.82, 2.24) is 19.8 Å². The Bertz CT molecular complexity index is 1110. The minimum Gasteiger partial charge on any atom is -0.496 e. The number of nitrogens with one attached hydrogen (secondary N) is 1. The van der Waals surface area contributed by atoms with Crippen molar-refractivity contribution < 1.29 is 14.6 Å². The minimum absolute atomic E-state index is 0.623. The zero-order chi connectivity index (χ0) is 22.1. The number of carboxylic acid groups (broad SMARTS) is 1. The Kier molecular flexibility index (Phi) is 6.18. The van der Waals surface area contributed by atoms with Crippen molar-refractivity contribution in [2.45, 2.75) is 26.4 Å². The highest BCUT2D eigenvalue weighted by atomic mass is 35.5. The monoisotopic (exact) mass is 442 g/mol. The van der Waals surface area contributed by atoms with Crippen molar-refractivity contribution in [2.75, 3.05) is 33.3 Å². The molecule has 2 aromatic heterocycles. The van der Waals surface area contributed by atoms with Gasteiger partial charge < -0.3 is 14.8 Å². The molecule has 0 aliphatic carbocycles. The second kappa shape index (κ2) is 8.86. The van der Waals surface area contributed by atoms with Crippen LogP contribution < -0.4 is 4.74 Å². The Morgan fingerprint density at radius 1 is 1.29 bits per heavy atom. The van der Waals surface area contributed by atoms with Gasteiger partial charge in [0.05, 0.1) is 12.8 Å². The third kappa shape index (κ3) is 4.26. The largest absolute Gasteiger partial charge is 0.496 e. The summed E-state index contributed by atoms with van der Waals surface area (Å²) in [5, 5.41) is 11.5. The first-order chi connectivity index (χ1) is 14.9. The molecule has 1 saturated heterocycles. The summed E-state index contributed by atoms with van der Waals surface area (Å²) in [4.78, 5) is 24.3. The van der Waals surface area contributed by atoms with Crippen molar-refractivity contribution >= 4 is 28.5 Å². The van der Waals surface area contributed by atoms with Gasteiger partial charge in [-0.25, -0.2) is 0 Å². The number of piperazine rings is 1. The predicted molar refractivity (Wildman–Crippen MR) is 121 cm³/mol. The smallest absolute Gasteiger partial charge is 0.325 e. The van der Waals surface area contributed by atoms with E-state index in [4.69, 9.17) is 16.3 Å². The van der Waals surface area contributed by atoms with Gasteiger partial charge in [-0.1, -0.05) is 17.7 Å². The second-order valence-electron chi connectivity index (χ2n) is 8.03. The summed E-state index contributed by atoms with van der Waals surface area (Å²) in [6.45, 7) is 7.63. The fourth-order valence-electron chi connectivity index (χ4n) is 4.45. The number of rotatable bonds is 6. The molecule has 4 rings (SSSR count). The number of methoxy groups -OCH3 is 1. The van der Waals surface area contributed by atoms with Gasteiger partial charge >= 0.3 is 5.97 Å². The molecule has 0 radical (unpaired) electrons. The second-order valence-corrected chi connectivity index (χ2v) is 8.47. The van der Waals surface area contributed by atoms with Gasteiger partial charge in [-0.3, -0.25) is 19.6 Å². The fourth-order valence-corrected chi connectivity index (χ4v) is 4.63. The quantitative estimate of drug-likeness (QED) is 0.604. The number of aliphatic carboxylic acids is 1. The maximum absolute atomic E-state index is 12.2. The van der Waals surface area contributed by atoms with Gasteiger partial charge in [0.25, 0.3) is 0 Å². The normalized spacial score (nSPS) is 16.5. The number of pyridine rings is 1. The van der Waals surface area contributed by atoms with Crippen molar-refractivity contribution in [3.05, 3.63) is 58.0 Å². The molecule has 31 heavy (non-hydrogen) atoms. The molecule has 2 N–H and O–H groups in total. The zero-order valence-electron chi connectivity index (χ0n) is 18.0. The van der Waals surface area contributed by atoms with Crippen molar-refractivity contribution in [1.29, 1.82) is 0 Å². The topological polar surface area (TPSA) is 81.7 Å². The number of carbonyl (C=O) groups is 1. The Labute approximate surface area is 186 Å². The molecule has 0 amide bonds. The highest BCUT2D eigenvalue weighted by Gasteiger charge is 2.32. The Balaban J connectivity index is 1.48. The third-order valence-corrected chi connectivity index (χ3v) is 6.33. The van der Waals surface area contributed by atoms with Gasteiger partial charge in [0.2, 0.25) is 0 Å². The number of aryl methyl sites for hydroxylation is 1. The van der Waals surface area contributed by atoms with E-state index in [9.17, 15) is 9.90 Å². The molecule has 8 heteroatoms. The van der Waals surface area contributed by atoms with Crippen LogP contribution in [0.2, 0.25) is 5.02 Å². The Hall–Kier alpha value is -2.61. The average Bonchev–Trinajstić information content (AvgIpc) is 3.14. The lowest BCUT2D eigenvalue weighted by Gasteiger charge is -2.37. The number of ether oxygens (including phenoxy) is 1. The number of H-pyrrole nitrogens is 1. The molecule has 7 nitrogen and oxygen atoms in total. The highest BCUT2D eigenvalue weighted by molar-refractivity contribution is 6.31. The van der Waals surface area contributed by atoms with E-state index in [1.54, 1.807) is 19.4 Å². The summed E-state index contributed by atoms with van der Waals surface area (Å²) < 4.78 is 5.52. The van der Waals surface area contributed by atoms with Crippen LogP contribution >= 0.6 is 11.6 Å². The molecule has 1 unspecified atom stereocenters. The Morgan fingerprint density at radius 2 is 2.03 bits per heavy atom. The van der Waals surface area contributed by atoms with E-state index in [1.807, 2.05) is 37.1 Å². The molecule has 1 aromatic carbocycles. The molecule has 3 heterocycles. The average molecular weight is 443 g/mol. The molecule has 164 valence electrons. The number of aromatic amines is 1. The lowest BCUT2D eigenvalue weighted by molar-refractivity contribution is -0.144. The lowest BCUT2D eigenvalue weighted by atomic mass is 10.0. The van der Waals surface area contributed by atoms with Crippen LogP contribution in [-0.2, 0) is 11.3 Å². The van der Waals surface area contributed by atoms with E-state index in [0.717, 1.165) is 58.7 Å². The molecule has 0 saturated carbocycles. The van der Waals surface area contributed by atoms with Crippen molar-refractivity contribution in [3.8, 4) is 5.75 Å². The van der Waals surface area contributed by atoms with Crippen LogP contribution in [0.1, 0.15) is 28.4 Å². The van der Waals surface area contributed by atoms with Gasteiger partial charge in [0, 0.05) is 77.7 Å². The van der Waals surface area contributed by atoms with Crippen LogP contribution in [0.3, 0.4) is 0 Å². The molecule has 0 spiro atoms. The van der Waals surface area contributed by atoms with E-state index >= 15 is 0 Å². The van der Waals surface area contributed by atoms with E-state index in [1.165, 1.54) is 0 Å². The summed E-state index contributed by atoms with van der Waals surface area (Å²) in [5.41, 5.74) is 4.71. The predicted octanol–water partition coefficient (Wildman–Crippen LogP) is 3.79. The highest BCUT2D eigenvalue weighted by Crippen LogP contribution is 2.31. The van der Waals surface area contributed by atoms with Gasteiger partial charge in [-0.2, -0.15) is 0 Å². The van der Waals surface area contributed by atoms with E-state index < -0.39 is 12.0 Å². The lowest BCUT2D eigenvalue weighted by Crippen LogP contribution is -2.49. The van der Waals surface area contributed by atoms with Crippen LogP contribution in [0.5, 0.6) is 5.75 Å². The molecule has 1 atom stereocenters. The first-order valence-electron chi connectivity index (χ1n) is 10.3. The van der Waals surface area contributed by atoms with Crippen LogP contribution in [0, 0.1) is 13.8 Å². The number of hydrogen-bond acceptors (Lipinski definition) is 5. The molecule has 1 fully saturated rings. The third-order valence-electron chi connectivity index (χ3n) is 6.10. The summed E-state index contributed by atoms with van der Waals surface area (Å²) in [5.74, 6) is 0.0408. The fraction of sp³-hybridized carbons (Fsp3) is 0.391. The van der Waals surface area contributed by atoms with Gasteiger partial charge in [-0.15, -0.1) is 0 Å². The summed E-state index contributed by atoms with van der Waals surface area (Å²) in [7, 11) is 1.68. The summed E-state index contributed by atoms with van der Waals surface area (Å²) in [6.07, 6.45) is 3.64. The Morgan fingerprint density at radius 3 is 2.71 bits per heavy atom. The number of fused-ring (bicyclic) bond motifs is 1. The number of halogens is 1. The molecular formula is C23H27ClN4O3. The van der Waals surface area contributed by atoms with E-state index in [0.29, 0.717) is 18.1 Å². The first-order valence-corrected chi connectivity index (χ1v) is 10.7. The van der Waals surface area contributed by atoms with E-state index in [2.05, 4.69) is 14.9 Å². The zero-order valence-corrected chi connectivity index (χ0v) is 18.7. The van der Waals surface area contributed by atoms with Crippen LogP contribution in [0.25, 0.3) is 10.9 Å². The van der Waals surface area contributed by atoms with Crippen LogP contribution in [-0.4, -0.2) is 64.1 Å². The van der Waals surface area contributed by atoms with Crippen molar-refractivity contribution in [3.63, 3.8) is 0 Å². The van der Waals surface area contributed by atoms with E-state index in [-0.39, 0.29) is 0 Å². The number of aromatic nitrogens is 2. The minimum atomic E-state index is -0.843. The first kappa shape index (κ1) is 21.6. The molecule has 1 aliphatic heterocycles. The number of hydrogen-bond donors (Lipinski definition) is 2. The maximum atomic E-state index is 12.2. The summed E-state index contributed by atoms with van der Waals surface area (Å²) in [6, 6.07) is 4.80.